The molecule has 1 fully saturated rings. The van der Waals surface area contributed by atoms with Crippen molar-refractivity contribution in [3.8, 4) is 0 Å². The van der Waals surface area contributed by atoms with Gasteiger partial charge in [-0.15, -0.1) is 11.8 Å². The molecule has 1 aromatic rings. The summed E-state index contributed by atoms with van der Waals surface area (Å²) in [6, 6.07) is 8.86. The SMILES string of the molecule is CCNC(CSc1cccc(Cl)c1)C1CCCCC1CC. The van der Waals surface area contributed by atoms with Crippen LogP contribution in [0, 0.1) is 11.8 Å². The highest BCUT2D eigenvalue weighted by Gasteiger charge is 2.30. The van der Waals surface area contributed by atoms with E-state index in [1.807, 2.05) is 23.9 Å². The first-order chi connectivity index (χ1) is 10.2. The zero-order valence-corrected chi connectivity index (χ0v) is 14.8. The fraction of sp³-hybridized carbons (Fsp3) is 0.667. The predicted molar refractivity (Wildman–Crippen MR) is 95.4 cm³/mol. The van der Waals surface area contributed by atoms with Crippen LogP contribution in [0.3, 0.4) is 0 Å². The molecule has 1 saturated carbocycles. The number of rotatable bonds is 7. The first-order valence-corrected chi connectivity index (χ1v) is 9.72. The van der Waals surface area contributed by atoms with Crippen molar-refractivity contribution in [1.29, 1.82) is 0 Å². The van der Waals surface area contributed by atoms with E-state index in [4.69, 9.17) is 11.6 Å². The maximum Gasteiger partial charge on any atom is 0.0417 e. The average Bonchev–Trinajstić information content (AvgIpc) is 2.51. The summed E-state index contributed by atoms with van der Waals surface area (Å²) in [6.07, 6.45) is 6.98. The largest absolute Gasteiger partial charge is 0.313 e. The van der Waals surface area contributed by atoms with Crippen LogP contribution in [-0.2, 0) is 0 Å². The molecule has 3 unspecified atom stereocenters. The van der Waals surface area contributed by atoms with Crippen molar-refractivity contribution in [2.24, 2.45) is 11.8 Å². The van der Waals surface area contributed by atoms with Gasteiger partial charge in [-0.3, -0.25) is 0 Å². The molecule has 0 radical (unpaired) electrons. The number of hydrogen-bond acceptors (Lipinski definition) is 2. The lowest BCUT2D eigenvalue weighted by Crippen LogP contribution is -2.42. The third-order valence-electron chi connectivity index (χ3n) is 4.70. The third-order valence-corrected chi connectivity index (χ3v) is 6.05. The van der Waals surface area contributed by atoms with Gasteiger partial charge in [0.05, 0.1) is 0 Å². The number of thioether (sulfide) groups is 1. The molecule has 1 aliphatic carbocycles. The predicted octanol–water partition coefficient (Wildman–Crippen LogP) is 5.63. The number of benzene rings is 1. The van der Waals surface area contributed by atoms with Gasteiger partial charge in [-0.25, -0.2) is 0 Å². The van der Waals surface area contributed by atoms with Crippen LogP contribution in [0.1, 0.15) is 46.0 Å². The Hall–Kier alpha value is -0.180. The van der Waals surface area contributed by atoms with Crippen molar-refractivity contribution in [2.45, 2.75) is 56.9 Å². The normalized spacial score (nSPS) is 24.0. The fourth-order valence-corrected chi connectivity index (χ4v) is 4.99. The number of hydrogen-bond donors (Lipinski definition) is 1. The van der Waals surface area contributed by atoms with E-state index in [1.54, 1.807) is 0 Å². The summed E-state index contributed by atoms with van der Waals surface area (Å²) in [6.45, 7) is 5.64. The minimum atomic E-state index is 0.629. The molecule has 3 heteroatoms. The Morgan fingerprint density at radius 1 is 1.29 bits per heavy atom. The molecule has 21 heavy (non-hydrogen) atoms. The van der Waals surface area contributed by atoms with Gasteiger partial charge in [0.2, 0.25) is 0 Å². The highest BCUT2D eigenvalue weighted by molar-refractivity contribution is 7.99. The third kappa shape index (κ3) is 5.19. The molecule has 3 atom stereocenters. The van der Waals surface area contributed by atoms with Crippen LogP contribution in [0.15, 0.2) is 29.2 Å². The molecule has 1 N–H and O–H groups in total. The standard InChI is InChI=1S/C18H28ClNS/c1-3-14-8-5-6-11-17(14)18(20-4-2)13-21-16-10-7-9-15(19)12-16/h7,9-10,12,14,17-18,20H,3-6,8,11,13H2,1-2H3. The lowest BCUT2D eigenvalue weighted by atomic mass is 9.74. The van der Waals surface area contributed by atoms with Gasteiger partial charge in [0, 0.05) is 21.7 Å². The van der Waals surface area contributed by atoms with Crippen LogP contribution in [0.25, 0.3) is 0 Å². The summed E-state index contributed by atoms with van der Waals surface area (Å²) in [5, 5.41) is 4.58. The van der Waals surface area contributed by atoms with E-state index >= 15 is 0 Å². The second-order valence-corrected chi connectivity index (χ2v) is 7.58. The molecule has 1 aliphatic rings. The molecule has 2 rings (SSSR count). The van der Waals surface area contributed by atoms with E-state index in [2.05, 4.69) is 31.3 Å². The molecule has 1 nitrogen and oxygen atoms in total. The van der Waals surface area contributed by atoms with Gasteiger partial charge in [0.15, 0.2) is 0 Å². The van der Waals surface area contributed by atoms with Gasteiger partial charge in [0.25, 0.3) is 0 Å². The fourth-order valence-electron chi connectivity index (χ4n) is 3.61. The minimum Gasteiger partial charge on any atom is -0.313 e. The van der Waals surface area contributed by atoms with Gasteiger partial charge >= 0.3 is 0 Å². The first-order valence-electron chi connectivity index (χ1n) is 8.36. The van der Waals surface area contributed by atoms with Gasteiger partial charge in [0.1, 0.15) is 0 Å². The van der Waals surface area contributed by atoms with Crippen molar-refractivity contribution in [1.82, 2.24) is 5.32 Å². The van der Waals surface area contributed by atoms with Crippen molar-refractivity contribution in [2.75, 3.05) is 12.3 Å². The topological polar surface area (TPSA) is 12.0 Å². The Bertz CT molecular complexity index is 423. The molecule has 0 aliphatic heterocycles. The van der Waals surface area contributed by atoms with Gasteiger partial charge in [-0.05, 0) is 43.0 Å². The van der Waals surface area contributed by atoms with Crippen LogP contribution in [0.2, 0.25) is 5.02 Å². The van der Waals surface area contributed by atoms with Crippen molar-refractivity contribution in [3.63, 3.8) is 0 Å². The number of halogens is 1. The van der Waals surface area contributed by atoms with E-state index in [0.717, 1.165) is 29.2 Å². The van der Waals surface area contributed by atoms with Crippen molar-refractivity contribution in [3.05, 3.63) is 29.3 Å². The Morgan fingerprint density at radius 3 is 2.81 bits per heavy atom. The Labute approximate surface area is 139 Å². The molecule has 0 heterocycles. The maximum absolute atomic E-state index is 6.09. The molecular weight excluding hydrogens is 298 g/mol. The van der Waals surface area contributed by atoms with E-state index in [0.29, 0.717) is 6.04 Å². The van der Waals surface area contributed by atoms with Gasteiger partial charge in [-0.1, -0.05) is 57.2 Å². The zero-order chi connectivity index (χ0) is 15.1. The van der Waals surface area contributed by atoms with E-state index in [9.17, 15) is 0 Å². The summed E-state index contributed by atoms with van der Waals surface area (Å²) in [7, 11) is 0. The van der Waals surface area contributed by atoms with Gasteiger partial charge in [-0.2, -0.15) is 0 Å². The molecule has 0 spiro atoms. The summed E-state index contributed by atoms with van der Waals surface area (Å²) < 4.78 is 0. The zero-order valence-electron chi connectivity index (χ0n) is 13.3. The lowest BCUT2D eigenvalue weighted by Gasteiger charge is -2.37. The molecule has 1 aromatic carbocycles. The molecule has 118 valence electrons. The Balaban J connectivity index is 1.97. The molecule has 0 saturated heterocycles. The second-order valence-electron chi connectivity index (χ2n) is 6.05. The summed E-state index contributed by atoms with van der Waals surface area (Å²) in [5.74, 6) is 2.90. The first kappa shape index (κ1) is 17.2. The molecular formula is C18H28ClNS. The Morgan fingerprint density at radius 2 is 2.10 bits per heavy atom. The van der Waals surface area contributed by atoms with Crippen LogP contribution in [0.4, 0.5) is 0 Å². The number of nitrogens with one attached hydrogen (secondary N) is 1. The van der Waals surface area contributed by atoms with Crippen LogP contribution in [-0.4, -0.2) is 18.3 Å². The summed E-state index contributed by atoms with van der Waals surface area (Å²) in [4.78, 5) is 1.29. The van der Waals surface area contributed by atoms with E-state index in [1.165, 1.54) is 37.0 Å². The highest BCUT2D eigenvalue weighted by Crippen LogP contribution is 2.36. The van der Waals surface area contributed by atoms with Crippen molar-refractivity contribution >= 4 is 23.4 Å². The minimum absolute atomic E-state index is 0.629. The highest BCUT2D eigenvalue weighted by atomic mass is 35.5. The average molecular weight is 326 g/mol. The quantitative estimate of drug-likeness (QED) is 0.652. The van der Waals surface area contributed by atoms with E-state index in [-0.39, 0.29) is 0 Å². The summed E-state index contributed by atoms with van der Waals surface area (Å²) in [5.41, 5.74) is 0. The lowest BCUT2D eigenvalue weighted by molar-refractivity contribution is 0.186. The van der Waals surface area contributed by atoms with Crippen molar-refractivity contribution < 1.29 is 0 Å². The van der Waals surface area contributed by atoms with E-state index < -0.39 is 0 Å². The Kier molecular flexibility index (Phi) is 7.42. The molecule has 0 bridgehead atoms. The smallest absolute Gasteiger partial charge is 0.0417 e. The van der Waals surface area contributed by atoms with Crippen LogP contribution in [0.5, 0.6) is 0 Å². The van der Waals surface area contributed by atoms with Crippen LogP contribution < -0.4 is 5.32 Å². The maximum atomic E-state index is 6.09. The molecule has 0 amide bonds. The summed E-state index contributed by atoms with van der Waals surface area (Å²) >= 11 is 8.03. The van der Waals surface area contributed by atoms with Crippen LogP contribution >= 0.6 is 23.4 Å². The second kappa shape index (κ2) is 9.07. The van der Waals surface area contributed by atoms with Gasteiger partial charge < -0.3 is 5.32 Å². The monoisotopic (exact) mass is 325 g/mol. The molecule has 0 aromatic heterocycles.